The molecule has 1 aromatic rings. The highest BCUT2D eigenvalue weighted by molar-refractivity contribution is 6.31. The summed E-state index contributed by atoms with van der Waals surface area (Å²) in [5.74, 6) is 0.619. The van der Waals surface area contributed by atoms with Gasteiger partial charge in [0.15, 0.2) is 0 Å². The molecular formula is C15H23ClN2. The van der Waals surface area contributed by atoms with E-state index in [2.05, 4.69) is 31.1 Å². The van der Waals surface area contributed by atoms with Crippen LogP contribution in [-0.2, 0) is 6.42 Å². The van der Waals surface area contributed by atoms with E-state index in [4.69, 9.17) is 11.6 Å². The van der Waals surface area contributed by atoms with Gasteiger partial charge in [0, 0.05) is 25.0 Å². The number of aromatic nitrogens is 1. The maximum absolute atomic E-state index is 6.23. The molecule has 0 aromatic carbocycles. The van der Waals surface area contributed by atoms with Crippen molar-refractivity contribution in [3.8, 4) is 0 Å². The second kappa shape index (κ2) is 5.58. The second-order valence-electron chi connectivity index (χ2n) is 6.11. The third kappa shape index (κ3) is 3.46. The molecule has 1 aliphatic carbocycles. The van der Waals surface area contributed by atoms with Gasteiger partial charge in [-0.25, -0.2) is 0 Å². The van der Waals surface area contributed by atoms with Gasteiger partial charge in [0.05, 0.1) is 5.02 Å². The third-order valence-electron chi connectivity index (χ3n) is 4.22. The molecular weight excluding hydrogens is 244 g/mol. The molecule has 1 unspecified atom stereocenters. The lowest BCUT2D eigenvalue weighted by Crippen LogP contribution is -2.38. The molecule has 3 heteroatoms. The summed E-state index contributed by atoms with van der Waals surface area (Å²) in [4.78, 5) is 4.06. The number of hydrogen-bond acceptors (Lipinski definition) is 2. The van der Waals surface area contributed by atoms with Crippen LogP contribution in [0, 0.1) is 11.3 Å². The normalized spacial score (nSPS) is 18.9. The summed E-state index contributed by atoms with van der Waals surface area (Å²) in [7, 11) is 0. The van der Waals surface area contributed by atoms with Crippen molar-refractivity contribution in [2.45, 2.75) is 46.1 Å². The monoisotopic (exact) mass is 266 g/mol. The summed E-state index contributed by atoms with van der Waals surface area (Å²) in [6.45, 7) is 8.01. The SMILES string of the molecule is CC(C)C(C)(CNC1CC1)Cc1ccncc1Cl. The molecule has 1 atom stereocenters. The summed E-state index contributed by atoms with van der Waals surface area (Å²) < 4.78 is 0. The van der Waals surface area contributed by atoms with Crippen LogP contribution in [0.5, 0.6) is 0 Å². The Balaban J connectivity index is 2.06. The molecule has 2 rings (SSSR count). The van der Waals surface area contributed by atoms with Gasteiger partial charge in [-0.05, 0) is 42.2 Å². The summed E-state index contributed by atoms with van der Waals surface area (Å²) in [6.07, 6.45) is 7.25. The van der Waals surface area contributed by atoms with Gasteiger partial charge in [-0.15, -0.1) is 0 Å². The average Bonchev–Trinajstić information content (AvgIpc) is 3.13. The van der Waals surface area contributed by atoms with Crippen LogP contribution in [0.25, 0.3) is 0 Å². The molecule has 1 saturated carbocycles. The predicted octanol–water partition coefficient (Wildman–Crippen LogP) is 3.69. The predicted molar refractivity (Wildman–Crippen MR) is 76.9 cm³/mol. The van der Waals surface area contributed by atoms with Crippen LogP contribution in [0.1, 0.15) is 39.2 Å². The quantitative estimate of drug-likeness (QED) is 0.849. The molecule has 1 aliphatic rings. The number of nitrogens with one attached hydrogen (secondary N) is 1. The van der Waals surface area contributed by atoms with E-state index in [1.54, 1.807) is 6.20 Å². The fourth-order valence-corrected chi connectivity index (χ4v) is 2.30. The van der Waals surface area contributed by atoms with Crippen LogP contribution in [0.15, 0.2) is 18.5 Å². The smallest absolute Gasteiger partial charge is 0.0621 e. The van der Waals surface area contributed by atoms with Crippen LogP contribution < -0.4 is 5.32 Å². The molecule has 2 nitrogen and oxygen atoms in total. The standard InChI is InChI=1S/C15H23ClN2/c1-11(2)15(3,10-18-13-4-5-13)8-12-6-7-17-9-14(12)16/h6-7,9,11,13,18H,4-5,8,10H2,1-3H3. The zero-order valence-corrected chi connectivity index (χ0v) is 12.3. The molecule has 0 bridgehead atoms. The summed E-state index contributed by atoms with van der Waals surface area (Å²) >= 11 is 6.23. The van der Waals surface area contributed by atoms with Gasteiger partial charge in [0.2, 0.25) is 0 Å². The first-order valence-corrected chi connectivity index (χ1v) is 7.21. The molecule has 1 aromatic heterocycles. The molecule has 18 heavy (non-hydrogen) atoms. The second-order valence-corrected chi connectivity index (χ2v) is 6.51. The first-order valence-electron chi connectivity index (χ1n) is 6.83. The van der Waals surface area contributed by atoms with E-state index in [0.717, 1.165) is 24.0 Å². The van der Waals surface area contributed by atoms with Crippen molar-refractivity contribution in [2.75, 3.05) is 6.54 Å². The Morgan fingerprint density at radius 1 is 1.50 bits per heavy atom. The Labute approximate surface area is 115 Å². The number of rotatable bonds is 6. The van der Waals surface area contributed by atoms with E-state index in [9.17, 15) is 0 Å². The molecule has 100 valence electrons. The lowest BCUT2D eigenvalue weighted by molar-refractivity contribution is 0.206. The molecule has 1 N–H and O–H groups in total. The Morgan fingerprint density at radius 3 is 2.78 bits per heavy atom. The van der Waals surface area contributed by atoms with Crippen LogP contribution in [0.2, 0.25) is 5.02 Å². The maximum atomic E-state index is 6.23. The zero-order chi connectivity index (χ0) is 13.2. The summed E-state index contributed by atoms with van der Waals surface area (Å²) in [5.41, 5.74) is 1.45. The first kappa shape index (κ1) is 13.8. The topological polar surface area (TPSA) is 24.9 Å². The molecule has 1 heterocycles. The van der Waals surface area contributed by atoms with Gasteiger partial charge in [-0.1, -0.05) is 32.4 Å². The summed E-state index contributed by atoms with van der Waals surface area (Å²) in [5, 5.41) is 4.45. The van der Waals surface area contributed by atoms with Crippen molar-refractivity contribution < 1.29 is 0 Å². The number of pyridine rings is 1. The van der Waals surface area contributed by atoms with Crippen molar-refractivity contribution in [2.24, 2.45) is 11.3 Å². The Hall–Kier alpha value is -0.600. The van der Waals surface area contributed by atoms with Crippen molar-refractivity contribution >= 4 is 11.6 Å². The molecule has 1 fully saturated rings. The van der Waals surface area contributed by atoms with Gasteiger partial charge in [0.25, 0.3) is 0 Å². The van der Waals surface area contributed by atoms with Crippen molar-refractivity contribution in [1.82, 2.24) is 10.3 Å². The van der Waals surface area contributed by atoms with Gasteiger partial charge >= 0.3 is 0 Å². The third-order valence-corrected chi connectivity index (χ3v) is 4.56. The molecule has 0 aliphatic heterocycles. The Morgan fingerprint density at radius 2 is 2.22 bits per heavy atom. The maximum Gasteiger partial charge on any atom is 0.0621 e. The molecule has 0 radical (unpaired) electrons. The molecule has 0 spiro atoms. The Bertz CT molecular complexity index is 401. The van der Waals surface area contributed by atoms with Gasteiger partial charge in [-0.3, -0.25) is 4.98 Å². The van der Waals surface area contributed by atoms with Crippen LogP contribution in [0.3, 0.4) is 0 Å². The fraction of sp³-hybridized carbons (Fsp3) is 0.667. The van der Waals surface area contributed by atoms with Gasteiger partial charge < -0.3 is 5.32 Å². The Kier molecular flexibility index (Phi) is 4.29. The van der Waals surface area contributed by atoms with E-state index in [1.165, 1.54) is 18.4 Å². The van der Waals surface area contributed by atoms with E-state index < -0.39 is 0 Å². The van der Waals surface area contributed by atoms with Gasteiger partial charge in [-0.2, -0.15) is 0 Å². The van der Waals surface area contributed by atoms with E-state index in [1.807, 2.05) is 12.3 Å². The lowest BCUT2D eigenvalue weighted by Gasteiger charge is -2.34. The first-order chi connectivity index (χ1) is 8.51. The highest BCUT2D eigenvalue weighted by Gasteiger charge is 2.32. The fourth-order valence-electron chi connectivity index (χ4n) is 2.12. The largest absolute Gasteiger partial charge is 0.313 e. The van der Waals surface area contributed by atoms with Crippen molar-refractivity contribution in [3.05, 3.63) is 29.0 Å². The van der Waals surface area contributed by atoms with E-state index in [0.29, 0.717) is 5.92 Å². The number of halogens is 1. The van der Waals surface area contributed by atoms with E-state index in [-0.39, 0.29) is 5.41 Å². The highest BCUT2D eigenvalue weighted by Crippen LogP contribution is 2.33. The summed E-state index contributed by atoms with van der Waals surface area (Å²) in [6, 6.07) is 2.80. The minimum atomic E-state index is 0.244. The lowest BCUT2D eigenvalue weighted by atomic mass is 9.74. The van der Waals surface area contributed by atoms with Crippen LogP contribution in [0.4, 0.5) is 0 Å². The van der Waals surface area contributed by atoms with Crippen molar-refractivity contribution in [3.63, 3.8) is 0 Å². The minimum Gasteiger partial charge on any atom is -0.313 e. The van der Waals surface area contributed by atoms with Gasteiger partial charge in [0.1, 0.15) is 0 Å². The zero-order valence-electron chi connectivity index (χ0n) is 11.5. The van der Waals surface area contributed by atoms with Crippen molar-refractivity contribution in [1.29, 1.82) is 0 Å². The number of hydrogen-bond donors (Lipinski definition) is 1. The number of nitrogens with zero attached hydrogens (tertiary/aromatic N) is 1. The van der Waals surface area contributed by atoms with Crippen LogP contribution in [-0.4, -0.2) is 17.6 Å². The van der Waals surface area contributed by atoms with E-state index >= 15 is 0 Å². The average molecular weight is 267 g/mol. The minimum absolute atomic E-state index is 0.244. The van der Waals surface area contributed by atoms with Crippen LogP contribution >= 0.6 is 11.6 Å². The molecule has 0 amide bonds. The molecule has 0 saturated heterocycles. The highest BCUT2D eigenvalue weighted by atomic mass is 35.5.